The van der Waals surface area contributed by atoms with Crippen LogP contribution in [0.1, 0.15) is 37.7 Å². The number of rotatable bonds is 4. The smallest absolute Gasteiger partial charge is 0.165 e. The molecule has 1 fully saturated rings. The van der Waals surface area contributed by atoms with E-state index in [1.807, 2.05) is 18.2 Å². The first-order valence-corrected chi connectivity index (χ1v) is 7.57. The Hall–Kier alpha value is -1.26. The van der Waals surface area contributed by atoms with E-state index in [1.54, 1.807) is 0 Å². The van der Waals surface area contributed by atoms with Gasteiger partial charge < -0.3 is 19.9 Å². The largest absolute Gasteiger partial charge is 0.486 e. The van der Waals surface area contributed by atoms with E-state index in [1.165, 1.54) is 6.42 Å². The van der Waals surface area contributed by atoms with Crippen LogP contribution >= 0.6 is 0 Å². The minimum Gasteiger partial charge on any atom is -0.486 e. The van der Waals surface area contributed by atoms with Crippen LogP contribution in [0.4, 0.5) is 0 Å². The van der Waals surface area contributed by atoms with Gasteiger partial charge in [0.25, 0.3) is 0 Å². The Bertz CT molecular complexity index is 455. The molecule has 2 N–H and O–H groups in total. The maximum atomic E-state index is 10.5. The summed E-state index contributed by atoms with van der Waals surface area (Å²) in [5.74, 6) is 1.67. The van der Waals surface area contributed by atoms with E-state index in [9.17, 15) is 5.11 Å². The summed E-state index contributed by atoms with van der Waals surface area (Å²) in [6, 6.07) is 5.97. The number of para-hydroxylation sites is 1. The van der Waals surface area contributed by atoms with Crippen molar-refractivity contribution in [2.24, 2.45) is 0 Å². The first-order chi connectivity index (χ1) is 9.77. The molecule has 0 atom stereocenters. The van der Waals surface area contributed by atoms with Crippen LogP contribution in [0.2, 0.25) is 0 Å². The maximum absolute atomic E-state index is 10.5. The van der Waals surface area contributed by atoms with Crippen molar-refractivity contribution in [3.8, 4) is 11.5 Å². The molecule has 3 rings (SSSR count). The zero-order chi connectivity index (χ0) is 13.8. The van der Waals surface area contributed by atoms with E-state index in [0.29, 0.717) is 26.3 Å². The van der Waals surface area contributed by atoms with E-state index in [2.05, 4.69) is 5.32 Å². The van der Waals surface area contributed by atoms with Crippen molar-refractivity contribution in [3.63, 3.8) is 0 Å². The Morgan fingerprint density at radius 3 is 2.75 bits per heavy atom. The lowest BCUT2D eigenvalue weighted by molar-refractivity contribution is 0.00461. The van der Waals surface area contributed by atoms with Gasteiger partial charge in [-0.3, -0.25) is 0 Å². The lowest BCUT2D eigenvalue weighted by Gasteiger charge is -2.32. The van der Waals surface area contributed by atoms with Gasteiger partial charge >= 0.3 is 0 Å². The molecule has 0 amide bonds. The van der Waals surface area contributed by atoms with E-state index in [-0.39, 0.29) is 0 Å². The van der Waals surface area contributed by atoms with Gasteiger partial charge in [-0.25, -0.2) is 0 Å². The minimum atomic E-state index is -0.523. The van der Waals surface area contributed by atoms with Gasteiger partial charge in [0.05, 0.1) is 5.60 Å². The highest BCUT2D eigenvalue weighted by Gasteiger charge is 2.28. The first-order valence-electron chi connectivity index (χ1n) is 7.57. The fraction of sp³-hybridized carbons (Fsp3) is 0.625. The molecule has 20 heavy (non-hydrogen) atoms. The summed E-state index contributed by atoms with van der Waals surface area (Å²) in [6.45, 7) is 2.57. The highest BCUT2D eigenvalue weighted by Crippen LogP contribution is 2.33. The highest BCUT2D eigenvalue weighted by atomic mass is 16.6. The van der Waals surface area contributed by atoms with Crippen molar-refractivity contribution in [1.82, 2.24) is 5.32 Å². The molecule has 0 spiro atoms. The third-order valence-electron chi connectivity index (χ3n) is 4.20. The average molecular weight is 277 g/mol. The van der Waals surface area contributed by atoms with Gasteiger partial charge in [-0.1, -0.05) is 31.4 Å². The predicted molar refractivity (Wildman–Crippen MR) is 77.2 cm³/mol. The number of aliphatic hydroxyl groups is 1. The molecular formula is C16H23NO3. The van der Waals surface area contributed by atoms with Gasteiger partial charge in [-0.05, 0) is 18.9 Å². The van der Waals surface area contributed by atoms with Crippen LogP contribution < -0.4 is 14.8 Å². The lowest BCUT2D eigenvalue weighted by atomic mass is 9.85. The van der Waals surface area contributed by atoms with Crippen LogP contribution in [-0.4, -0.2) is 30.5 Å². The van der Waals surface area contributed by atoms with Crippen LogP contribution in [-0.2, 0) is 6.54 Å². The molecule has 0 unspecified atom stereocenters. The van der Waals surface area contributed by atoms with Crippen LogP contribution in [0, 0.1) is 0 Å². The molecular weight excluding hydrogens is 254 g/mol. The molecule has 0 radical (unpaired) electrons. The summed E-state index contributed by atoms with van der Waals surface area (Å²) in [6.07, 6.45) is 5.34. The van der Waals surface area contributed by atoms with Crippen LogP contribution in [0.3, 0.4) is 0 Å². The van der Waals surface area contributed by atoms with Crippen molar-refractivity contribution in [3.05, 3.63) is 23.8 Å². The van der Waals surface area contributed by atoms with Crippen molar-refractivity contribution in [2.75, 3.05) is 19.8 Å². The topological polar surface area (TPSA) is 50.7 Å². The molecule has 4 heteroatoms. The van der Waals surface area contributed by atoms with E-state index >= 15 is 0 Å². The molecule has 1 aromatic rings. The Kier molecular flexibility index (Phi) is 4.13. The Morgan fingerprint density at radius 2 is 1.90 bits per heavy atom. The van der Waals surface area contributed by atoms with E-state index in [0.717, 1.165) is 42.7 Å². The number of benzene rings is 1. The van der Waals surface area contributed by atoms with Crippen LogP contribution in [0.5, 0.6) is 11.5 Å². The summed E-state index contributed by atoms with van der Waals surface area (Å²) in [4.78, 5) is 0. The zero-order valence-corrected chi connectivity index (χ0v) is 11.9. The van der Waals surface area contributed by atoms with E-state index < -0.39 is 5.60 Å². The lowest BCUT2D eigenvalue weighted by Crippen LogP contribution is -2.41. The van der Waals surface area contributed by atoms with Gasteiger partial charge in [-0.2, -0.15) is 0 Å². The molecule has 1 aromatic carbocycles. The standard InChI is InChI=1S/C16H23NO3/c18-16(7-2-1-3-8-16)12-17-11-13-5-4-6-14-15(13)20-10-9-19-14/h4-6,17-18H,1-3,7-12H2. The molecule has 4 nitrogen and oxygen atoms in total. The molecule has 0 bridgehead atoms. The fourth-order valence-corrected chi connectivity index (χ4v) is 3.09. The summed E-state index contributed by atoms with van der Waals surface area (Å²) in [5.41, 5.74) is 0.575. The minimum absolute atomic E-state index is 0.523. The molecule has 0 aromatic heterocycles. The van der Waals surface area contributed by atoms with Crippen molar-refractivity contribution < 1.29 is 14.6 Å². The van der Waals surface area contributed by atoms with Gasteiger partial charge in [0, 0.05) is 18.7 Å². The molecule has 1 aliphatic heterocycles. The van der Waals surface area contributed by atoms with Gasteiger partial charge in [0.2, 0.25) is 0 Å². The molecule has 1 heterocycles. The molecule has 1 saturated carbocycles. The fourth-order valence-electron chi connectivity index (χ4n) is 3.09. The third-order valence-corrected chi connectivity index (χ3v) is 4.20. The van der Waals surface area contributed by atoms with Crippen molar-refractivity contribution in [1.29, 1.82) is 0 Å². The Labute approximate surface area is 120 Å². The number of hydrogen-bond donors (Lipinski definition) is 2. The third kappa shape index (κ3) is 3.07. The normalized spacial score (nSPS) is 20.6. The second kappa shape index (κ2) is 6.02. The van der Waals surface area contributed by atoms with Crippen LogP contribution in [0.25, 0.3) is 0 Å². The summed E-state index contributed by atoms with van der Waals surface area (Å²) < 4.78 is 11.3. The van der Waals surface area contributed by atoms with Crippen molar-refractivity contribution in [2.45, 2.75) is 44.2 Å². The number of ether oxygens (including phenoxy) is 2. The number of fused-ring (bicyclic) bond motifs is 1. The predicted octanol–water partition coefficient (Wildman–Crippen LogP) is 2.24. The second-order valence-corrected chi connectivity index (χ2v) is 5.83. The Morgan fingerprint density at radius 1 is 1.10 bits per heavy atom. The zero-order valence-electron chi connectivity index (χ0n) is 11.9. The SMILES string of the molecule is OC1(CNCc2cccc3c2OCCO3)CCCCC1. The molecule has 2 aliphatic rings. The van der Waals surface area contributed by atoms with Gasteiger partial charge in [0.15, 0.2) is 11.5 Å². The highest BCUT2D eigenvalue weighted by molar-refractivity contribution is 5.47. The molecule has 110 valence electrons. The second-order valence-electron chi connectivity index (χ2n) is 5.83. The quantitative estimate of drug-likeness (QED) is 0.886. The average Bonchev–Trinajstić information content (AvgIpc) is 2.48. The number of nitrogens with one attached hydrogen (secondary N) is 1. The van der Waals surface area contributed by atoms with Crippen LogP contribution in [0.15, 0.2) is 18.2 Å². The van der Waals surface area contributed by atoms with Gasteiger partial charge in [0.1, 0.15) is 13.2 Å². The Balaban J connectivity index is 1.58. The van der Waals surface area contributed by atoms with Crippen molar-refractivity contribution >= 4 is 0 Å². The van der Waals surface area contributed by atoms with E-state index in [4.69, 9.17) is 9.47 Å². The monoisotopic (exact) mass is 277 g/mol. The summed E-state index contributed by atoms with van der Waals surface area (Å²) in [5, 5.41) is 13.8. The van der Waals surface area contributed by atoms with Gasteiger partial charge in [-0.15, -0.1) is 0 Å². The first kappa shape index (κ1) is 13.7. The maximum Gasteiger partial charge on any atom is 0.165 e. The summed E-state index contributed by atoms with van der Waals surface area (Å²) in [7, 11) is 0. The molecule has 0 saturated heterocycles. The number of hydrogen-bond acceptors (Lipinski definition) is 4. The molecule has 1 aliphatic carbocycles. The summed E-state index contributed by atoms with van der Waals surface area (Å²) >= 11 is 0.